The molecule has 0 unspecified atom stereocenters. The fraction of sp³-hybridized carbons (Fsp3) is 0.238. The minimum atomic E-state index is -0.417. The van der Waals surface area contributed by atoms with E-state index in [0.29, 0.717) is 0 Å². The standard InChI is InChI=1S/2C6H5NO2.C4H8.C3H6.C2H6/c2*8-7(9)6-4-2-1-3-5-6;1-3-4-2;1-3-2;1-2/h2*1-5H;3-4H,1-2H3;3H,1H2,2H3;1-2H3. The van der Waals surface area contributed by atoms with Gasteiger partial charge in [0.2, 0.25) is 0 Å². The van der Waals surface area contributed by atoms with E-state index in [1.165, 1.54) is 24.3 Å². The predicted octanol–water partition coefficient (Wildman–Crippen LogP) is 6.99. The maximum absolute atomic E-state index is 10.0. The lowest BCUT2D eigenvalue weighted by Gasteiger charge is -1.85. The maximum Gasteiger partial charge on any atom is 0.269 e. The summed E-state index contributed by atoms with van der Waals surface area (Å²) in [5, 5.41) is 20.0. The first kappa shape index (κ1) is 28.5. The molecule has 0 saturated carbocycles. The SMILES string of the molecule is C=CC.CC.CC=CC.O=[N+]([O-])c1ccccc1.O=[N+]([O-])c1ccccc1. The Bertz CT molecular complexity index is 574. The Morgan fingerprint density at radius 1 is 0.704 bits per heavy atom. The molecular weight excluding hydrogens is 344 g/mol. The molecule has 2 aromatic rings. The highest BCUT2D eigenvalue weighted by Gasteiger charge is 1.99. The summed E-state index contributed by atoms with van der Waals surface area (Å²) in [4.78, 5) is 19.2. The Kier molecular flexibility index (Phi) is 24.0. The van der Waals surface area contributed by atoms with Crippen molar-refractivity contribution in [1.82, 2.24) is 0 Å². The minimum absolute atomic E-state index is 0.137. The van der Waals surface area contributed by atoms with E-state index in [2.05, 4.69) is 6.58 Å². The third kappa shape index (κ3) is 20.7. The van der Waals surface area contributed by atoms with E-state index in [0.717, 1.165) is 0 Å². The van der Waals surface area contributed by atoms with Crippen LogP contribution in [0.3, 0.4) is 0 Å². The van der Waals surface area contributed by atoms with Gasteiger partial charge in [0, 0.05) is 24.3 Å². The first-order valence-corrected chi connectivity index (χ1v) is 8.47. The lowest BCUT2D eigenvalue weighted by Crippen LogP contribution is -1.84. The normalized spacial score (nSPS) is 8.04. The quantitative estimate of drug-likeness (QED) is 0.322. The van der Waals surface area contributed by atoms with Crippen molar-refractivity contribution in [1.29, 1.82) is 0 Å². The van der Waals surface area contributed by atoms with E-state index in [1.54, 1.807) is 42.5 Å². The number of para-hydroxylation sites is 2. The van der Waals surface area contributed by atoms with Gasteiger partial charge in [0.05, 0.1) is 9.85 Å². The molecule has 27 heavy (non-hydrogen) atoms. The van der Waals surface area contributed by atoms with Crippen LogP contribution in [-0.2, 0) is 0 Å². The van der Waals surface area contributed by atoms with E-state index in [9.17, 15) is 20.2 Å². The van der Waals surface area contributed by atoms with Gasteiger partial charge in [-0.2, -0.15) is 0 Å². The van der Waals surface area contributed by atoms with Gasteiger partial charge in [0.15, 0.2) is 0 Å². The Morgan fingerprint density at radius 2 is 0.926 bits per heavy atom. The highest BCUT2D eigenvalue weighted by Crippen LogP contribution is 2.07. The van der Waals surface area contributed by atoms with Crippen LogP contribution in [0.2, 0.25) is 0 Å². The molecule has 0 atom stereocenters. The number of hydrogen-bond acceptors (Lipinski definition) is 4. The number of nitrogens with zero attached hydrogens (tertiary/aromatic N) is 2. The van der Waals surface area contributed by atoms with Crippen LogP contribution in [0.5, 0.6) is 0 Å². The molecule has 0 fully saturated rings. The number of nitro groups is 2. The summed E-state index contributed by atoms with van der Waals surface area (Å²) in [6.07, 6.45) is 5.75. The monoisotopic (exact) mass is 374 g/mol. The van der Waals surface area contributed by atoms with Crippen LogP contribution >= 0.6 is 0 Å². The summed E-state index contributed by atoms with van der Waals surface area (Å²) in [6.45, 7) is 13.2. The average Bonchev–Trinajstić information content (AvgIpc) is 2.72. The number of rotatable bonds is 2. The molecule has 6 heteroatoms. The number of non-ortho nitro benzene ring substituents is 2. The highest BCUT2D eigenvalue weighted by atomic mass is 16.6. The van der Waals surface area contributed by atoms with Crippen LogP contribution in [0.1, 0.15) is 34.6 Å². The van der Waals surface area contributed by atoms with Gasteiger partial charge < -0.3 is 0 Å². The topological polar surface area (TPSA) is 86.3 Å². The zero-order chi connectivity index (χ0) is 21.5. The summed E-state index contributed by atoms with van der Waals surface area (Å²) in [7, 11) is 0. The van der Waals surface area contributed by atoms with Gasteiger partial charge in [0.1, 0.15) is 0 Å². The zero-order valence-corrected chi connectivity index (χ0v) is 16.7. The lowest BCUT2D eigenvalue weighted by atomic mass is 10.3. The van der Waals surface area contributed by atoms with Crippen molar-refractivity contribution in [2.24, 2.45) is 0 Å². The summed E-state index contributed by atoms with van der Waals surface area (Å²) < 4.78 is 0. The Morgan fingerprint density at radius 3 is 1.04 bits per heavy atom. The molecule has 2 rings (SSSR count). The molecule has 148 valence electrons. The maximum atomic E-state index is 10.0. The summed E-state index contributed by atoms with van der Waals surface area (Å²) >= 11 is 0. The van der Waals surface area contributed by atoms with Gasteiger partial charge in [-0.05, 0) is 20.8 Å². The fourth-order valence-electron chi connectivity index (χ4n) is 1.10. The molecule has 0 bridgehead atoms. The van der Waals surface area contributed by atoms with Crippen molar-refractivity contribution in [3.05, 3.63) is 106 Å². The van der Waals surface area contributed by atoms with Crippen molar-refractivity contribution < 1.29 is 9.85 Å². The van der Waals surface area contributed by atoms with Crippen molar-refractivity contribution in [2.75, 3.05) is 0 Å². The minimum Gasteiger partial charge on any atom is -0.258 e. The van der Waals surface area contributed by atoms with Crippen LogP contribution in [0.25, 0.3) is 0 Å². The van der Waals surface area contributed by atoms with Gasteiger partial charge in [-0.25, -0.2) is 0 Å². The van der Waals surface area contributed by atoms with Crippen molar-refractivity contribution >= 4 is 11.4 Å². The molecule has 0 aromatic heterocycles. The molecule has 0 aliphatic heterocycles. The summed E-state index contributed by atoms with van der Waals surface area (Å²) in [6, 6.07) is 15.9. The number of nitro benzene ring substituents is 2. The summed E-state index contributed by atoms with van der Waals surface area (Å²) in [5.41, 5.74) is 0.273. The molecule has 6 nitrogen and oxygen atoms in total. The second kappa shape index (κ2) is 22.7. The van der Waals surface area contributed by atoms with Gasteiger partial charge in [0.25, 0.3) is 11.4 Å². The Balaban J connectivity index is -0.000000301. The summed E-state index contributed by atoms with van der Waals surface area (Å²) in [5.74, 6) is 0. The van der Waals surface area contributed by atoms with E-state index in [4.69, 9.17) is 0 Å². The van der Waals surface area contributed by atoms with Crippen LogP contribution in [0.4, 0.5) is 11.4 Å². The average molecular weight is 374 g/mol. The number of allylic oxidation sites excluding steroid dienone is 3. The number of benzene rings is 2. The molecule has 0 radical (unpaired) electrons. The lowest BCUT2D eigenvalue weighted by molar-refractivity contribution is -0.385. The molecule has 0 aliphatic rings. The van der Waals surface area contributed by atoms with Crippen molar-refractivity contribution in [3.8, 4) is 0 Å². The van der Waals surface area contributed by atoms with Gasteiger partial charge >= 0.3 is 0 Å². The second-order valence-corrected chi connectivity index (χ2v) is 4.26. The van der Waals surface area contributed by atoms with E-state index in [1.807, 2.05) is 46.8 Å². The van der Waals surface area contributed by atoms with Crippen molar-refractivity contribution in [3.63, 3.8) is 0 Å². The van der Waals surface area contributed by atoms with Gasteiger partial charge in [-0.3, -0.25) is 20.2 Å². The van der Waals surface area contributed by atoms with E-state index >= 15 is 0 Å². The third-order valence-corrected chi connectivity index (χ3v) is 2.27. The molecule has 0 amide bonds. The molecule has 0 aliphatic carbocycles. The number of hydrogen-bond donors (Lipinski definition) is 0. The first-order chi connectivity index (χ1) is 12.9. The fourth-order valence-corrected chi connectivity index (χ4v) is 1.10. The second-order valence-electron chi connectivity index (χ2n) is 4.26. The molecule has 0 saturated heterocycles. The van der Waals surface area contributed by atoms with Crippen LogP contribution < -0.4 is 0 Å². The highest BCUT2D eigenvalue weighted by molar-refractivity contribution is 5.28. The molecular formula is C21H30N2O4. The largest absolute Gasteiger partial charge is 0.269 e. The molecule has 0 N–H and O–H groups in total. The smallest absolute Gasteiger partial charge is 0.258 e. The predicted molar refractivity (Wildman–Crippen MR) is 114 cm³/mol. The van der Waals surface area contributed by atoms with Crippen LogP contribution in [0.15, 0.2) is 85.5 Å². The van der Waals surface area contributed by atoms with E-state index in [-0.39, 0.29) is 11.4 Å². The van der Waals surface area contributed by atoms with Crippen LogP contribution in [-0.4, -0.2) is 9.85 Å². The Hall–Kier alpha value is -3.28. The zero-order valence-electron chi connectivity index (χ0n) is 16.7. The van der Waals surface area contributed by atoms with E-state index < -0.39 is 9.85 Å². The molecule has 0 heterocycles. The van der Waals surface area contributed by atoms with Gasteiger partial charge in [-0.15, -0.1) is 6.58 Å². The van der Waals surface area contributed by atoms with Crippen molar-refractivity contribution in [2.45, 2.75) is 34.6 Å². The Labute approximate surface area is 162 Å². The first-order valence-electron chi connectivity index (χ1n) is 8.47. The molecule has 0 spiro atoms. The molecule has 2 aromatic carbocycles. The third-order valence-electron chi connectivity index (χ3n) is 2.27. The van der Waals surface area contributed by atoms with Gasteiger partial charge in [-0.1, -0.05) is 68.5 Å². The van der Waals surface area contributed by atoms with Crippen LogP contribution in [0, 0.1) is 20.2 Å².